The fourth-order valence-electron chi connectivity index (χ4n) is 3.87. The Balaban J connectivity index is 1.45. The van der Waals surface area contributed by atoms with Gasteiger partial charge in [0.25, 0.3) is 11.2 Å². The molecule has 2 aromatic carbocycles. The van der Waals surface area contributed by atoms with Gasteiger partial charge in [-0.2, -0.15) is 0 Å². The molecular weight excluding hydrogens is 478 g/mol. The zero-order chi connectivity index (χ0) is 24.2. The molecule has 11 heteroatoms. The number of carbonyl (C=O) groups excluding carboxylic acids is 1. The molecule has 1 fully saturated rings. The topological polar surface area (TPSA) is 102 Å². The molecule has 1 aromatic heterocycles. The predicted molar refractivity (Wildman–Crippen MR) is 134 cm³/mol. The van der Waals surface area contributed by atoms with Gasteiger partial charge in [0.15, 0.2) is 5.16 Å². The Morgan fingerprint density at radius 1 is 1.21 bits per heavy atom. The molecule has 1 amide bonds. The normalized spacial score (nSPS) is 13.8. The molecule has 4 rings (SSSR count). The van der Waals surface area contributed by atoms with Gasteiger partial charge in [0.1, 0.15) is 5.69 Å². The van der Waals surface area contributed by atoms with Crippen molar-refractivity contribution < 1.29 is 9.72 Å². The van der Waals surface area contributed by atoms with E-state index in [2.05, 4.69) is 11.6 Å². The zero-order valence-corrected chi connectivity index (χ0v) is 19.8. The molecule has 176 valence electrons. The van der Waals surface area contributed by atoms with Crippen molar-refractivity contribution in [1.82, 2.24) is 14.5 Å². The number of nitrogens with zero attached hydrogens (tertiary/aromatic N) is 5. The summed E-state index contributed by atoms with van der Waals surface area (Å²) < 4.78 is 1.49. The molecule has 1 aliphatic rings. The molecule has 2 heterocycles. The van der Waals surface area contributed by atoms with Gasteiger partial charge in [-0.1, -0.05) is 41.6 Å². The lowest BCUT2D eigenvalue weighted by Gasteiger charge is -2.35. The Kier molecular flexibility index (Phi) is 7.18. The van der Waals surface area contributed by atoms with E-state index in [4.69, 9.17) is 11.6 Å². The van der Waals surface area contributed by atoms with Crippen molar-refractivity contribution in [2.24, 2.45) is 0 Å². The maximum Gasteiger partial charge on any atom is 0.292 e. The summed E-state index contributed by atoms with van der Waals surface area (Å²) in [4.78, 5) is 44.9. The van der Waals surface area contributed by atoms with Gasteiger partial charge in [-0.15, -0.1) is 6.58 Å². The van der Waals surface area contributed by atoms with Crippen molar-refractivity contribution in [1.29, 1.82) is 0 Å². The lowest BCUT2D eigenvalue weighted by molar-refractivity contribution is -0.384. The molecule has 0 N–H and O–H groups in total. The summed E-state index contributed by atoms with van der Waals surface area (Å²) in [6.07, 6.45) is 1.61. The number of anilines is 1. The number of aromatic nitrogens is 2. The molecular formula is C23H22ClN5O4S. The minimum atomic E-state index is -0.393. The van der Waals surface area contributed by atoms with Crippen LogP contribution < -0.4 is 10.5 Å². The number of carbonyl (C=O) groups is 1. The highest BCUT2D eigenvalue weighted by Gasteiger charge is 2.25. The molecule has 0 radical (unpaired) electrons. The molecule has 3 aromatic rings. The first kappa shape index (κ1) is 23.8. The molecule has 0 aliphatic carbocycles. The molecule has 1 saturated heterocycles. The Hall–Kier alpha value is -3.37. The highest BCUT2D eigenvalue weighted by atomic mass is 35.5. The van der Waals surface area contributed by atoms with Crippen LogP contribution in [-0.4, -0.2) is 57.2 Å². The first-order chi connectivity index (χ1) is 16.4. The van der Waals surface area contributed by atoms with Gasteiger partial charge < -0.3 is 9.80 Å². The highest BCUT2D eigenvalue weighted by molar-refractivity contribution is 7.99. The third kappa shape index (κ3) is 4.92. The van der Waals surface area contributed by atoms with E-state index in [-0.39, 0.29) is 29.5 Å². The van der Waals surface area contributed by atoms with E-state index < -0.39 is 4.92 Å². The number of nitro groups is 1. The monoisotopic (exact) mass is 499 g/mol. The summed E-state index contributed by atoms with van der Waals surface area (Å²) in [5, 5.41) is 12.7. The molecule has 9 nitrogen and oxygen atoms in total. The molecule has 0 unspecified atom stereocenters. The van der Waals surface area contributed by atoms with Crippen molar-refractivity contribution in [2.45, 2.75) is 11.7 Å². The minimum absolute atomic E-state index is 0.0560. The summed E-state index contributed by atoms with van der Waals surface area (Å²) in [7, 11) is 0. The number of nitro benzene ring substituents is 1. The second-order valence-electron chi connectivity index (χ2n) is 7.66. The molecule has 0 spiro atoms. The average Bonchev–Trinajstić information content (AvgIpc) is 2.84. The van der Waals surface area contributed by atoms with Crippen molar-refractivity contribution in [2.75, 3.05) is 36.8 Å². The second-order valence-corrected chi connectivity index (χ2v) is 9.04. The van der Waals surface area contributed by atoms with E-state index in [0.717, 1.165) is 0 Å². The maximum absolute atomic E-state index is 12.9. The van der Waals surface area contributed by atoms with Crippen LogP contribution in [0.4, 0.5) is 11.4 Å². The third-order valence-electron chi connectivity index (χ3n) is 5.57. The SMILES string of the molecule is C=CCn1c(SCC(=O)N2CCN(c3ccccc3[N+](=O)[O-])CC2)nc2cc(Cl)ccc2c1=O. The molecule has 34 heavy (non-hydrogen) atoms. The number of thioether (sulfide) groups is 1. The summed E-state index contributed by atoms with van der Waals surface area (Å²) in [5.74, 6) is 0.0269. The Labute approximate surface area is 204 Å². The molecule has 0 saturated carbocycles. The van der Waals surface area contributed by atoms with E-state index in [9.17, 15) is 19.7 Å². The van der Waals surface area contributed by atoms with Crippen molar-refractivity contribution in [3.05, 3.63) is 80.6 Å². The van der Waals surface area contributed by atoms with Crippen molar-refractivity contribution in [3.8, 4) is 0 Å². The van der Waals surface area contributed by atoms with Gasteiger partial charge >= 0.3 is 0 Å². The van der Waals surface area contributed by atoms with E-state index in [1.165, 1.54) is 22.4 Å². The fourth-order valence-corrected chi connectivity index (χ4v) is 4.95. The highest BCUT2D eigenvalue weighted by Crippen LogP contribution is 2.28. The lowest BCUT2D eigenvalue weighted by Crippen LogP contribution is -2.49. The summed E-state index contributed by atoms with van der Waals surface area (Å²) in [5.41, 5.74) is 0.877. The van der Waals surface area contributed by atoms with Gasteiger partial charge in [-0.3, -0.25) is 24.3 Å². The number of rotatable bonds is 7. The smallest absolute Gasteiger partial charge is 0.292 e. The summed E-state index contributed by atoms with van der Waals surface area (Å²) in [6, 6.07) is 11.5. The van der Waals surface area contributed by atoms with Crippen LogP contribution in [0.5, 0.6) is 0 Å². The van der Waals surface area contributed by atoms with Crippen molar-refractivity contribution in [3.63, 3.8) is 0 Å². The number of amides is 1. The predicted octanol–water partition coefficient (Wildman–Crippen LogP) is 3.59. The summed E-state index contributed by atoms with van der Waals surface area (Å²) >= 11 is 7.26. The number of para-hydroxylation sites is 2. The molecule has 0 atom stereocenters. The van der Waals surface area contributed by atoms with Gasteiger partial charge in [0, 0.05) is 43.8 Å². The number of piperazine rings is 1. The van der Waals surface area contributed by atoms with Crippen LogP contribution >= 0.6 is 23.4 Å². The Morgan fingerprint density at radius 3 is 2.65 bits per heavy atom. The Morgan fingerprint density at radius 2 is 1.94 bits per heavy atom. The van der Waals surface area contributed by atoms with Crippen LogP contribution in [0.3, 0.4) is 0 Å². The van der Waals surface area contributed by atoms with Gasteiger partial charge in [-0.25, -0.2) is 4.98 Å². The standard InChI is InChI=1S/C23H22ClN5O4S/c1-2-9-28-22(31)17-8-7-16(24)14-18(17)25-23(28)34-15-21(30)27-12-10-26(11-13-27)19-5-3-4-6-20(19)29(32)33/h2-8,14H,1,9-13,15H2. The summed E-state index contributed by atoms with van der Waals surface area (Å²) in [6.45, 7) is 5.87. The number of benzene rings is 2. The van der Waals surface area contributed by atoms with Gasteiger partial charge in [0.2, 0.25) is 5.91 Å². The lowest BCUT2D eigenvalue weighted by atomic mass is 10.2. The van der Waals surface area contributed by atoms with Gasteiger partial charge in [0.05, 0.1) is 21.6 Å². The van der Waals surface area contributed by atoms with Crippen LogP contribution in [0.15, 0.2) is 65.1 Å². The largest absolute Gasteiger partial charge is 0.362 e. The van der Waals surface area contributed by atoms with E-state index in [1.54, 1.807) is 47.4 Å². The van der Waals surface area contributed by atoms with E-state index in [1.807, 2.05) is 4.90 Å². The molecule has 0 bridgehead atoms. The second kappa shape index (κ2) is 10.3. The van der Waals surface area contributed by atoms with Crippen LogP contribution in [0.25, 0.3) is 10.9 Å². The third-order valence-corrected chi connectivity index (χ3v) is 6.77. The van der Waals surface area contributed by atoms with Crippen molar-refractivity contribution >= 4 is 51.5 Å². The first-order valence-electron chi connectivity index (χ1n) is 10.6. The van der Waals surface area contributed by atoms with Gasteiger partial charge in [-0.05, 0) is 24.3 Å². The number of hydrogen-bond acceptors (Lipinski definition) is 7. The fraction of sp³-hybridized carbons (Fsp3) is 0.261. The number of allylic oxidation sites excluding steroid dienone is 1. The Bertz CT molecular complexity index is 1320. The van der Waals surface area contributed by atoms with Crippen LogP contribution in [0.2, 0.25) is 5.02 Å². The zero-order valence-electron chi connectivity index (χ0n) is 18.2. The first-order valence-corrected chi connectivity index (χ1v) is 12.0. The minimum Gasteiger partial charge on any atom is -0.362 e. The number of hydrogen-bond donors (Lipinski definition) is 0. The maximum atomic E-state index is 12.9. The van der Waals surface area contributed by atoms with Crippen LogP contribution in [0.1, 0.15) is 0 Å². The van der Waals surface area contributed by atoms with E-state index >= 15 is 0 Å². The molecule has 1 aliphatic heterocycles. The van der Waals surface area contributed by atoms with Crippen LogP contribution in [-0.2, 0) is 11.3 Å². The quantitative estimate of drug-likeness (QED) is 0.161. The van der Waals surface area contributed by atoms with Crippen LogP contribution in [0, 0.1) is 10.1 Å². The number of halogens is 1. The number of fused-ring (bicyclic) bond motifs is 1. The average molecular weight is 500 g/mol. The van der Waals surface area contributed by atoms with E-state index in [0.29, 0.717) is 52.9 Å².